The van der Waals surface area contributed by atoms with E-state index >= 15 is 0 Å². The van der Waals surface area contributed by atoms with Gasteiger partial charge in [0, 0.05) is 17.3 Å². The second kappa shape index (κ2) is 6.26. The molecule has 0 radical (unpaired) electrons. The van der Waals surface area contributed by atoms with E-state index in [0.717, 1.165) is 10.4 Å². The Hall–Kier alpha value is -1.97. The summed E-state index contributed by atoms with van der Waals surface area (Å²) < 4.78 is 2.34. The summed E-state index contributed by atoms with van der Waals surface area (Å²) in [6, 6.07) is 3.97. The van der Waals surface area contributed by atoms with E-state index in [1.54, 1.807) is 39.2 Å². The van der Waals surface area contributed by atoms with Crippen LogP contribution in [0.5, 0.6) is 0 Å². The molecule has 0 fully saturated rings. The van der Waals surface area contributed by atoms with Crippen molar-refractivity contribution in [1.29, 1.82) is 5.26 Å². The lowest BCUT2D eigenvalue weighted by Gasteiger charge is -2.15. The van der Waals surface area contributed by atoms with Gasteiger partial charge in [0.05, 0.1) is 4.53 Å². The van der Waals surface area contributed by atoms with Crippen molar-refractivity contribution in [2.45, 2.75) is 27.7 Å². The maximum absolute atomic E-state index is 12.5. The Balaban J connectivity index is 2.80. The summed E-state index contributed by atoms with van der Waals surface area (Å²) in [6.45, 7) is 7.28. The van der Waals surface area contributed by atoms with Crippen molar-refractivity contribution >= 4 is 40.1 Å². The van der Waals surface area contributed by atoms with Crippen LogP contribution in [-0.2, 0) is 11.8 Å². The molecule has 2 aromatic heterocycles. The van der Waals surface area contributed by atoms with Crippen molar-refractivity contribution in [1.82, 2.24) is 4.57 Å². The van der Waals surface area contributed by atoms with E-state index in [0.29, 0.717) is 9.20 Å². The average Bonchev–Trinajstić information content (AvgIpc) is 2.99. The lowest BCUT2D eigenvalue weighted by molar-refractivity contribution is -0.120. The molecule has 0 aliphatic carbocycles. The zero-order valence-corrected chi connectivity index (χ0v) is 15.4. The zero-order valence-electron chi connectivity index (χ0n) is 13.8. The quantitative estimate of drug-likeness (QED) is 0.835. The maximum Gasteiger partial charge on any atom is 0.268 e. The molecule has 0 saturated carbocycles. The van der Waals surface area contributed by atoms with Crippen LogP contribution in [0.15, 0.2) is 16.2 Å². The number of aryl methyl sites for hydroxylation is 1. The van der Waals surface area contributed by atoms with Crippen molar-refractivity contribution < 1.29 is 4.79 Å². The summed E-state index contributed by atoms with van der Waals surface area (Å²) >= 11 is 2.75. The van der Waals surface area contributed by atoms with Crippen LogP contribution in [0.1, 0.15) is 31.2 Å². The molecule has 0 atom stereocenters. The van der Waals surface area contributed by atoms with Crippen LogP contribution in [0.25, 0.3) is 11.6 Å². The fraction of sp³-hybridized carbons (Fsp3) is 0.353. The van der Waals surface area contributed by atoms with Crippen LogP contribution >= 0.6 is 22.7 Å². The fourth-order valence-electron chi connectivity index (χ4n) is 2.01. The Labute approximate surface area is 142 Å². The number of nitriles is 1. The number of thiophene rings is 1. The van der Waals surface area contributed by atoms with E-state index in [1.807, 2.05) is 30.5 Å². The van der Waals surface area contributed by atoms with Crippen LogP contribution in [-0.4, -0.2) is 10.4 Å². The van der Waals surface area contributed by atoms with Gasteiger partial charge in [0.15, 0.2) is 5.78 Å². The molecule has 0 N–H and O–H groups in total. The predicted octanol–water partition coefficient (Wildman–Crippen LogP) is 1.94. The Kier molecular flexibility index (Phi) is 4.73. The third-order valence-corrected chi connectivity index (χ3v) is 5.57. The second-order valence-corrected chi connectivity index (χ2v) is 8.29. The first-order chi connectivity index (χ1) is 10.7. The fourth-order valence-corrected chi connectivity index (χ4v) is 4.01. The van der Waals surface area contributed by atoms with Gasteiger partial charge in [-0.25, -0.2) is 0 Å². The Morgan fingerprint density at radius 2 is 2.04 bits per heavy atom. The monoisotopic (exact) mass is 346 g/mol. The molecular weight excluding hydrogens is 328 g/mol. The van der Waals surface area contributed by atoms with Crippen molar-refractivity contribution in [2.75, 3.05) is 0 Å². The molecule has 0 saturated heterocycles. The lowest BCUT2D eigenvalue weighted by atomic mass is 9.87. The van der Waals surface area contributed by atoms with Gasteiger partial charge >= 0.3 is 0 Å². The number of nitrogens with zero attached hydrogens (tertiary/aromatic N) is 2. The van der Waals surface area contributed by atoms with E-state index in [4.69, 9.17) is 0 Å². The number of aromatic nitrogens is 1. The third kappa shape index (κ3) is 3.36. The Morgan fingerprint density at radius 1 is 1.39 bits per heavy atom. The smallest absolute Gasteiger partial charge is 0.268 e. The number of carbonyl (C=O) groups excluding carboxylic acids is 1. The number of hydrogen-bond acceptors (Lipinski definition) is 5. The minimum absolute atomic E-state index is 0.0460. The molecule has 23 heavy (non-hydrogen) atoms. The molecule has 2 rings (SSSR count). The highest BCUT2D eigenvalue weighted by Crippen LogP contribution is 2.19. The standard InChI is InChI=1S/C17H18N2O2S2/c1-10-6-7-22-12(10)8-13-15(21)19(5)16(23-13)11(9-18)14(20)17(2,3)4/h6-8H,1-5H3/b13-8-,16-11-. The van der Waals surface area contributed by atoms with Gasteiger partial charge in [-0.2, -0.15) is 5.26 Å². The Morgan fingerprint density at radius 3 is 2.52 bits per heavy atom. The zero-order chi connectivity index (χ0) is 17.4. The molecule has 6 heteroatoms. The van der Waals surface area contributed by atoms with Crippen LogP contribution in [0, 0.1) is 23.7 Å². The largest absolute Gasteiger partial charge is 0.301 e. The summed E-state index contributed by atoms with van der Waals surface area (Å²) in [5.74, 6) is -0.254. The molecule has 4 nitrogen and oxygen atoms in total. The summed E-state index contributed by atoms with van der Waals surface area (Å²) in [5, 5.41) is 11.4. The van der Waals surface area contributed by atoms with Gasteiger partial charge in [0.25, 0.3) is 5.56 Å². The molecule has 0 amide bonds. The van der Waals surface area contributed by atoms with Gasteiger partial charge in [-0.3, -0.25) is 9.59 Å². The predicted molar refractivity (Wildman–Crippen MR) is 94.9 cm³/mol. The summed E-state index contributed by atoms with van der Waals surface area (Å²) in [6.07, 6.45) is 1.83. The number of thiazole rings is 1. The first kappa shape index (κ1) is 17.4. The SMILES string of the molecule is Cc1ccsc1/C=c1\s/c(=C(/C#N)C(=O)C(C)(C)C)n(C)c1=O. The van der Waals surface area contributed by atoms with Crippen LogP contribution in [0.3, 0.4) is 0 Å². The van der Waals surface area contributed by atoms with Crippen molar-refractivity contribution in [3.8, 4) is 6.07 Å². The van der Waals surface area contributed by atoms with Gasteiger partial charge < -0.3 is 4.57 Å². The summed E-state index contributed by atoms with van der Waals surface area (Å²) in [4.78, 5) is 25.9. The van der Waals surface area contributed by atoms with Crippen LogP contribution in [0.2, 0.25) is 0 Å². The lowest BCUT2D eigenvalue weighted by Crippen LogP contribution is -2.32. The van der Waals surface area contributed by atoms with Crippen molar-refractivity contribution in [3.63, 3.8) is 0 Å². The highest BCUT2D eigenvalue weighted by Gasteiger charge is 2.26. The third-order valence-electron chi connectivity index (χ3n) is 3.42. The van der Waals surface area contributed by atoms with E-state index in [-0.39, 0.29) is 16.9 Å². The van der Waals surface area contributed by atoms with Crippen LogP contribution < -0.4 is 14.8 Å². The first-order valence-corrected chi connectivity index (χ1v) is 8.77. The molecule has 2 aromatic rings. The number of ketones is 1. The van der Waals surface area contributed by atoms with Gasteiger partial charge in [0.1, 0.15) is 16.3 Å². The molecule has 0 bridgehead atoms. The molecule has 0 aliphatic heterocycles. The Bertz CT molecular complexity index is 976. The molecule has 0 aromatic carbocycles. The number of hydrogen-bond donors (Lipinski definition) is 0. The number of carbonyl (C=O) groups is 1. The normalized spacial score (nSPS) is 13.8. The van der Waals surface area contributed by atoms with Crippen molar-refractivity contribution in [2.24, 2.45) is 12.5 Å². The van der Waals surface area contributed by atoms with Gasteiger partial charge in [-0.05, 0) is 30.0 Å². The highest BCUT2D eigenvalue weighted by molar-refractivity contribution is 7.11. The second-order valence-electron chi connectivity index (χ2n) is 6.31. The van der Waals surface area contributed by atoms with E-state index in [9.17, 15) is 14.9 Å². The van der Waals surface area contributed by atoms with Gasteiger partial charge in [-0.1, -0.05) is 20.8 Å². The highest BCUT2D eigenvalue weighted by atomic mass is 32.1. The topological polar surface area (TPSA) is 62.9 Å². The summed E-state index contributed by atoms with van der Waals surface area (Å²) in [5.41, 5.74) is 0.290. The van der Waals surface area contributed by atoms with Gasteiger partial charge in [-0.15, -0.1) is 22.7 Å². The van der Waals surface area contributed by atoms with E-state index < -0.39 is 5.41 Å². The first-order valence-electron chi connectivity index (χ1n) is 7.07. The van der Waals surface area contributed by atoms with Gasteiger partial charge in [0.2, 0.25) is 0 Å². The van der Waals surface area contributed by atoms with Crippen molar-refractivity contribution in [3.05, 3.63) is 41.4 Å². The molecular formula is C17H18N2O2S2. The number of Topliss-reactive ketones (excluding diaryl/α,β-unsaturated/α-hetero) is 1. The molecule has 0 unspecified atom stereocenters. The number of rotatable bonds is 2. The molecule has 2 heterocycles. The maximum atomic E-state index is 12.5. The van der Waals surface area contributed by atoms with E-state index in [2.05, 4.69) is 0 Å². The van der Waals surface area contributed by atoms with Crippen LogP contribution in [0.4, 0.5) is 0 Å². The van der Waals surface area contributed by atoms with E-state index in [1.165, 1.54) is 15.9 Å². The minimum atomic E-state index is -0.667. The molecule has 0 spiro atoms. The molecule has 0 aliphatic rings. The summed E-state index contributed by atoms with van der Waals surface area (Å²) in [7, 11) is 1.60. The average molecular weight is 346 g/mol. The minimum Gasteiger partial charge on any atom is -0.301 e. The molecule has 120 valence electrons.